The quantitative estimate of drug-likeness (QED) is 0.452. The Balaban J connectivity index is 1.57. The number of aryl methyl sites for hydroxylation is 4. The van der Waals surface area contributed by atoms with Gasteiger partial charge in [0.1, 0.15) is 5.82 Å². The first kappa shape index (κ1) is 21.3. The summed E-state index contributed by atoms with van der Waals surface area (Å²) in [5, 5.41) is 12.9. The number of anilines is 1. The summed E-state index contributed by atoms with van der Waals surface area (Å²) in [5.41, 5.74) is 4.87. The van der Waals surface area contributed by atoms with E-state index >= 15 is 0 Å². The highest BCUT2D eigenvalue weighted by Crippen LogP contribution is 2.23. The Morgan fingerprint density at radius 2 is 1.69 bits per heavy atom. The highest BCUT2D eigenvalue weighted by Gasteiger charge is 2.14. The third-order valence-corrected chi connectivity index (χ3v) is 6.16. The summed E-state index contributed by atoms with van der Waals surface area (Å²) in [6, 6.07) is 7.91. The average Bonchev–Trinajstić information content (AvgIpc) is 3.00. The largest absolute Gasteiger partial charge is 0.325 e. The number of amides is 1. The minimum Gasteiger partial charge on any atom is -0.325 e. The summed E-state index contributed by atoms with van der Waals surface area (Å²) in [4.78, 5) is 21.2. The fourth-order valence-electron chi connectivity index (χ4n) is 2.80. The molecular weight excluding hydrogens is 404 g/mol. The van der Waals surface area contributed by atoms with E-state index in [9.17, 15) is 4.79 Å². The molecule has 0 saturated heterocycles. The van der Waals surface area contributed by atoms with Crippen molar-refractivity contribution >= 4 is 35.1 Å². The van der Waals surface area contributed by atoms with Crippen LogP contribution in [0.15, 0.2) is 34.6 Å². The number of carbonyl (C=O) groups is 1. The lowest BCUT2D eigenvalue weighted by molar-refractivity contribution is -0.113. The van der Waals surface area contributed by atoms with Gasteiger partial charge in [-0.05, 0) is 44.9 Å². The molecule has 0 unspecified atom stereocenters. The number of nitrogens with one attached hydrogen (secondary N) is 1. The van der Waals surface area contributed by atoms with Crippen LogP contribution >= 0.6 is 23.5 Å². The molecule has 0 saturated carbocycles. The molecule has 7 nitrogen and oxygen atoms in total. The molecule has 0 fully saturated rings. The van der Waals surface area contributed by atoms with E-state index in [1.165, 1.54) is 23.5 Å². The number of carbonyl (C=O) groups excluding carboxylic acids is 1. The second-order valence-electron chi connectivity index (χ2n) is 6.78. The van der Waals surface area contributed by atoms with Crippen LogP contribution in [-0.2, 0) is 17.6 Å². The van der Waals surface area contributed by atoms with Crippen molar-refractivity contribution in [3.05, 3.63) is 52.6 Å². The van der Waals surface area contributed by atoms with Crippen LogP contribution in [-0.4, -0.2) is 36.4 Å². The van der Waals surface area contributed by atoms with Gasteiger partial charge in [-0.3, -0.25) is 4.79 Å². The van der Waals surface area contributed by atoms with E-state index in [1.54, 1.807) is 0 Å². The van der Waals surface area contributed by atoms with E-state index in [1.807, 2.05) is 63.6 Å². The SMILES string of the molecule is Cc1cc(C)nc(SCc2nnc(SCC(=O)Nc3c(C)cccc3C)n2C)n1. The Labute approximate surface area is 179 Å². The maximum absolute atomic E-state index is 12.4. The molecule has 0 aliphatic carbocycles. The van der Waals surface area contributed by atoms with Crippen molar-refractivity contribution in [2.24, 2.45) is 7.05 Å². The molecule has 3 rings (SSSR count). The van der Waals surface area contributed by atoms with E-state index < -0.39 is 0 Å². The van der Waals surface area contributed by atoms with Crippen molar-refractivity contribution in [1.82, 2.24) is 24.7 Å². The predicted molar refractivity (Wildman–Crippen MR) is 117 cm³/mol. The molecule has 1 amide bonds. The maximum Gasteiger partial charge on any atom is 0.234 e. The smallest absolute Gasteiger partial charge is 0.234 e. The molecular formula is C20H24N6OS2. The molecule has 0 bridgehead atoms. The Hall–Kier alpha value is -2.39. The predicted octanol–water partition coefficient (Wildman–Crippen LogP) is 3.86. The first-order valence-electron chi connectivity index (χ1n) is 9.15. The lowest BCUT2D eigenvalue weighted by Gasteiger charge is -2.11. The van der Waals surface area contributed by atoms with Gasteiger partial charge in [-0.25, -0.2) is 9.97 Å². The number of hydrogen-bond donors (Lipinski definition) is 1. The molecule has 0 radical (unpaired) electrons. The van der Waals surface area contributed by atoms with Gasteiger partial charge >= 0.3 is 0 Å². The van der Waals surface area contributed by atoms with E-state index in [4.69, 9.17) is 0 Å². The molecule has 29 heavy (non-hydrogen) atoms. The Morgan fingerprint density at radius 3 is 2.34 bits per heavy atom. The van der Waals surface area contributed by atoms with Crippen molar-refractivity contribution in [2.75, 3.05) is 11.1 Å². The van der Waals surface area contributed by atoms with Crippen molar-refractivity contribution in [2.45, 2.75) is 43.8 Å². The summed E-state index contributed by atoms with van der Waals surface area (Å²) in [7, 11) is 1.91. The fourth-order valence-corrected chi connectivity index (χ4v) is 4.46. The van der Waals surface area contributed by atoms with Crippen molar-refractivity contribution in [3.8, 4) is 0 Å². The lowest BCUT2D eigenvalue weighted by Crippen LogP contribution is -2.16. The number of para-hydroxylation sites is 1. The van der Waals surface area contributed by atoms with E-state index in [2.05, 4.69) is 25.5 Å². The number of benzene rings is 1. The monoisotopic (exact) mass is 428 g/mol. The minimum atomic E-state index is -0.0602. The van der Waals surface area contributed by atoms with Crippen molar-refractivity contribution < 1.29 is 4.79 Å². The summed E-state index contributed by atoms with van der Waals surface area (Å²) in [6.45, 7) is 7.89. The highest BCUT2D eigenvalue weighted by molar-refractivity contribution is 7.99. The van der Waals surface area contributed by atoms with Gasteiger partial charge in [0.05, 0.1) is 11.5 Å². The highest BCUT2D eigenvalue weighted by atomic mass is 32.2. The Kier molecular flexibility index (Phi) is 6.92. The van der Waals surface area contributed by atoms with E-state index in [-0.39, 0.29) is 11.7 Å². The van der Waals surface area contributed by atoms with Crippen LogP contribution in [0.3, 0.4) is 0 Å². The average molecular weight is 429 g/mol. The summed E-state index contributed by atoms with van der Waals surface area (Å²) >= 11 is 2.89. The molecule has 152 valence electrons. The molecule has 1 N–H and O–H groups in total. The number of nitrogens with zero attached hydrogens (tertiary/aromatic N) is 5. The van der Waals surface area contributed by atoms with Gasteiger partial charge in [-0.1, -0.05) is 41.7 Å². The minimum absolute atomic E-state index is 0.0602. The molecule has 3 aromatic rings. The molecule has 0 spiro atoms. The van der Waals surface area contributed by atoms with Crippen LogP contribution in [0.4, 0.5) is 5.69 Å². The zero-order valence-electron chi connectivity index (χ0n) is 17.2. The van der Waals surface area contributed by atoms with Crippen LogP contribution in [0.1, 0.15) is 28.3 Å². The molecule has 2 aromatic heterocycles. The zero-order valence-corrected chi connectivity index (χ0v) is 18.8. The second-order valence-corrected chi connectivity index (χ2v) is 8.67. The molecule has 2 heterocycles. The van der Waals surface area contributed by atoms with Crippen molar-refractivity contribution in [1.29, 1.82) is 0 Å². The topological polar surface area (TPSA) is 85.6 Å². The van der Waals surface area contributed by atoms with Crippen LogP contribution in [0.25, 0.3) is 0 Å². The molecule has 0 atom stereocenters. The van der Waals surface area contributed by atoms with Crippen LogP contribution in [0.2, 0.25) is 0 Å². The third kappa shape index (κ3) is 5.57. The number of rotatable bonds is 7. The fraction of sp³-hybridized carbons (Fsp3) is 0.350. The maximum atomic E-state index is 12.4. The number of hydrogen-bond acceptors (Lipinski definition) is 7. The Morgan fingerprint density at radius 1 is 1.03 bits per heavy atom. The van der Waals surface area contributed by atoms with Gasteiger partial charge < -0.3 is 9.88 Å². The standard InChI is InChI=1S/C20H24N6OS2/c1-12-7-6-8-13(2)18(12)23-17(27)11-29-20-25-24-16(26(20)5)10-28-19-21-14(3)9-15(4)22-19/h6-9H,10-11H2,1-5H3,(H,23,27). The second kappa shape index (κ2) is 9.41. The molecule has 0 aliphatic rings. The van der Waals surface area contributed by atoms with Gasteiger partial charge in [0, 0.05) is 24.1 Å². The first-order valence-corrected chi connectivity index (χ1v) is 11.1. The molecule has 9 heteroatoms. The van der Waals surface area contributed by atoms with Crippen LogP contribution < -0.4 is 5.32 Å². The molecule has 1 aromatic carbocycles. The van der Waals surface area contributed by atoms with Gasteiger partial charge in [0.25, 0.3) is 0 Å². The zero-order chi connectivity index (χ0) is 21.0. The third-order valence-electron chi connectivity index (χ3n) is 4.30. The van der Waals surface area contributed by atoms with Gasteiger partial charge in [0.2, 0.25) is 5.91 Å². The summed E-state index contributed by atoms with van der Waals surface area (Å²) in [5.74, 6) is 1.64. The van der Waals surface area contributed by atoms with Gasteiger partial charge in [-0.2, -0.15) is 0 Å². The number of aromatic nitrogens is 5. The molecule has 0 aliphatic heterocycles. The first-order chi connectivity index (χ1) is 13.8. The van der Waals surface area contributed by atoms with Crippen LogP contribution in [0.5, 0.6) is 0 Å². The summed E-state index contributed by atoms with van der Waals surface area (Å²) < 4.78 is 1.91. The van der Waals surface area contributed by atoms with E-state index in [0.717, 1.165) is 39.2 Å². The normalized spacial score (nSPS) is 10.9. The Bertz CT molecular complexity index is 993. The van der Waals surface area contributed by atoms with Gasteiger partial charge in [0.15, 0.2) is 10.3 Å². The van der Waals surface area contributed by atoms with Crippen molar-refractivity contribution in [3.63, 3.8) is 0 Å². The number of thioether (sulfide) groups is 2. The van der Waals surface area contributed by atoms with Crippen LogP contribution in [0, 0.1) is 27.7 Å². The summed E-state index contributed by atoms with van der Waals surface area (Å²) in [6.07, 6.45) is 0. The van der Waals surface area contributed by atoms with Gasteiger partial charge in [-0.15, -0.1) is 10.2 Å². The van der Waals surface area contributed by atoms with E-state index in [0.29, 0.717) is 10.9 Å². The lowest BCUT2D eigenvalue weighted by atomic mass is 10.1.